The lowest BCUT2D eigenvalue weighted by molar-refractivity contribution is 0.102. The standard InChI is InChI=1S/C22H22N4O3S/c1-3-15(2)16-4-6-18(7-5-16)24-22(27)21-11-13-26(25-21)30(28,29)19-8-9-20-17(14-19)10-12-23-20/h4-15,23H,3H2,1-2H3,(H,24,27). The van der Waals surface area contributed by atoms with E-state index >= 15 is 0 Å². The SMILES string of the molecule is CCC(C)c1ccc(NC(=O)c2ccn(S(=O)(=O)c3ccc4[nH]ccc4c3)n2)cc1. The van der Waals surface area contributed by atoms with Crippen LogP contribution in [-0.2, 0) is 10.0 Å². The fraction of sp³-hybridized carbons (Fsp3) is 0.182. The van der Waals surface area contributed by atoms with Gasteiger partial charge in [0, 0.05) is 29.0 Å². The van der Waals surface area contributed by atoms with Crippen molar-refractivity contribution < 1.29 is 13.2 Å². The van der Waals surface area contributed by atoms with Crippen LogP contribution in [-0.4, -0.2) is 28.5 Å². The van der Waals surface area contributed by atoms with Crippen molar-refractivity contribution in [1.82, 2.24) is 14.2 Å². The Morgan fingerprint density at radius 1 is 1.13 bits per heavy atom. The molecule has 1 amide bonds. The van der Waals surface area contributed by atoms with Gasteiger partial charge in [-0.25, -0.2) is 0 Å². The number of carbonyl (C=O) groups is 1. The van der Waals surface area contributed by atoms with Crippen LogP contribution in [0.25, 0.3) is 10.9 Å². The average Bonchev–Trinajstić information content (AvgIpc) is 3.43. The first-order valence-corrected chi connectivity index (χ1v) is 11.1. The second-order valence-electron chi connectivity index (χ2n) is 7.19. The topological polar surface area (TPSA) is 96.9 Å². The van der Waals surface area contributed by atoms with Crippen LogP contribution < -0.4 is 5.32 Å². The van der Waals surface area contributed by atoms with Gasteiger partial charge in [-0.3, -0.25) is 4.79 Å². The molecule has 0 radical (unpaired) electrons. The van der Waals surface area contributed by atoms with E-state index in [1.165, 1.54) is 23.9 Å². The maximum Gasteiger partial charge on any atom is 0.282 e. The summed E-state index contributed by atoms with van der Waals surface area (Å²) in [7, 11) is -3.90. The van der Waals surface area contributed by atoms with E-state index in [-0.39, 0.29) is 10.6 Å². The van der Waals surface area contributed by atoms with Crippen molar-refractivity contribution in [2.24, 2.45) is 0 Å². The molecule has 0 bridgehead atoms. The Morgan fingerprint density at radius 3 is 2.63 bits per heavy atom. The predicted octanol–water partition coefficient (Wildman–Crippen LogP) is 4.37. The second kappa shape index (κ2) is 7.79. The Bertz CT molecular complexity index is 1300. The molecule has 0 aliphatic heterocycles. The summed E-state index contributed by atoms with van der Waals surface area (Å²) >= 11 is 0. The van der Waals surface area contributed by atoms with E-state index in [2.05, 4.69) is 29.2 Å². The van der Waals surface area contributed by atoms with Gasteiger partial charge in [0.1, 0.15) is 0 Å². The maximum atomic E-state index is 12.9. The molecule has 0 aliphatic rings. The van der Waals surface area contributed by atoms with Crippen LogP contribution in [0.4, 0.5) is 5.69 Å². The van der Waals surface area contributed by atoms with Gasteiger partial charge in [0.25, 0.3) is 15.9 Å². The minimum absolute atomic E-state index is 0.0206. The van der Waals surface area contributed by atoms with Gasteiger partial charge < -0.3 is 10.3 Å². The number of rotatable bonds is 6. The Kier molecular flexibility index (Phi) is 5.17. The lowest BCUT2D eigenvalue weighted by Gasteiger charge is -2.10. The number of nitrogens with zero attached hydrogens (tertiary/aromatic N) is 2. The van der Waals surface area contributed by atoms with E-state index in [1.54, 1.807) is 24.4 Å². The number of benzene rings is 2. The van der Waals surface area contributed by atoms with Crippen LogP contribution in [0.5, 0.6) is 0 Å². The molecule has 2 aromatic heterocycles. The van der Waals surface area contributed by atoms with Crippen LogP contribution in [0.15, 0.2) is 71.9 Å². The summed E-state index contributed by atoms with van der Waals surface area (Å²) in [6, 6.07) is 15.6. The number of carbonyl (C=O) groups excluding carboxylic acids is 1. The molecule has 4 rings (SSSR count). The zero-order chi connectivity index (χ0) is 21.3. The molecule has 2 aromatic carbocycles. The number of aromatic nitrogens is 3. The third kappa shape index (κ3) is 3.73. The van der Waals surface area contributed by atoms with Gasteiger partial charge in [-0.05, 0) is 60.4 Å². The molecular weight excluding hydrogens is 400 g/mol. The molecule has 0 aliphatic carbocycles. The monoisotopic (exact) mass is 422 g/mol. The smallest absolute Gasteiger partial charge is 0.282 e. The third-order valence-electron chi connectivity index (χ3n) is 5.22. The fourth-order valence-electron chi connectivity index (χ4n) is 3.19. The zero-order valence-electron chi connectivity index (χ0n) is 16.7. The van der Waals surface area contributed by atoms with E-state index < -0.39 is 15.9 Å². The number of aromatic amines is 1. The Labute approximate surface area is 174 Å². The zero-order valence-corrected chi connectivity index (χ0v) is 17.5. The molecule has 30 heavy (non-hydrogen) atoms. The average molecular weight is 423 g/mol. The van der Waals surface area contributed by atoms with Crippen LogP contribution in [0.3, 0.4) is 0 Å². The highest BCUT2D eigenvalue weighted by atomic mass is 32.2. The van der Waals surface area contributed by atoms with Crippen LogP contribution in [0, 0.1) is 0 Å². The number of H-pyrrole nitrogens is 1. The first kappa shape index (κ1) is 19.9. The van der Waals surface area contributed by atoms with E-state index in [4.69, 9.17) is 0 Å². The minimum atomic E-state index is -3.90. The minimum Gasteiger partial charge on any atom is -0.361 e. The summed E-state index contributed by atoms with van der Waals surface area (Å²) in [6.07, 6.45) is 4.05. The molecule has 8 heteroatoms. The van der Waals surface area contributed by atoms with Crippen molar-refractivity contribution in [3.63, 3.8) is 0 Å². The summed E-state index contributed by atoms with van der Waals surface area (Å²) < 4.78 is 26.6. The van der Waals surface area contributed by atoms with E-state index in [0.717, 1.165) is 21.4 Å². The summed E-state index contributed by atoms with van der Waals surface area (Å²) in [5.74, 6) is -0.0255. The highest BCUT2D eigenvalue weighted by Crippen LogP contribution is 2.22. The van der Waals surface area contributed by atoms with Gasteiger partial charge in [-0.15, -0.1) is 0 Å². The van der Waals surface area contributed by atoms with Crippen molar-refractivity contribution in [1.29, 1.82) is 0 Å². The van der Waals surface area contributed by atoms with Gasteiger partial charge in [0.15, 0.2) is 5.69 Å². The Balaban J connectivity index is 1.53. The molecule has 2 heterocycles. The number of hydrogen-bond acceptors (Lipinski definition) is 4. The second-order valence-corrected chi connectivity index (χ2v) is 8.99. The lowest BCUT2D eigenvalue weighted by atomic mass is 9.99. The lowest BCUT2D eigenvalue weighted by Crippen LogP contribution is -2.17. The molecule has 7 nitrogen and oxygen atoms in total. The van der Waals surface area contributed by atoms with Crippen LogP contribution in [0.1, 0.15) is 42.2 Å². The number of anilines is 1. The first-order chi connectivity index (χ1) is 14.4. The normalized spacial score (nSPS) is 12.7. The summed E-state index contributed by atoms with van der Waals surface area (Å²) in [6.45, 7) is 4.27. The van der Waals surface area contributed by atoms with E-state index in [0.29, 0.717) is 11.6 Å². The molecular formula is C22H22N4O3S. The van der Waals surface area contributed by atoms with Crippen molar-refractivity contribution in [3.8, 4) is 0 Å². The Morgan fingerprint density at radius 2 is 1.90 bits per heavy atom. The number of fused-ring (bicyclic) bond motifs is 1. The van der Waals surface area contributed by atoms with Gasteiger partial charge in [0.05, 0.1) is 4.90 Å². The molecule has 0 fully saturated rings. The predicted molar refractivity (Wildman–Crippen MR) is 116 cm³/mol. The number of amides is 1. The first-order valence-electron chi connectivity index (χ1n) is 9.68. The molecule has 2 N–H and O–H groups in total. The van der Waals surface area contributed by atoms with Gasteiger partial charge >= 0.3 is 0 Å². The molecule has 0 spiro atoms. The quantitative estimate of drug-likeness (QED) is 0.482. The third-order valence-corrected chi connectivity index (χ3v) is 6.76. The van der Waals surface area contributed by atoms with Crippen molar-refractivity contribution in [2.45, 2.75) is 31.1 Å². The molecule has 1 unspecified atom stereocenters. The fourth-order valence-corrected chi connectivity index (χ4v) is 4.34. The van der Waals surface area contributed by atoms with Crippen molar-refractivity contribution in [2.75, 3.05) is 5.32 Å². The van der Waals surface area contributed by atoms with Crippen LogP contribution >= 0.6 is 0 Å². The highest BCUT2D eigenvalue weighted by Gasteiger charge is 2.21. The van der Waals surface area contributed by atoms with E-state index in [1.807, 2.05) is 24.3 Å². The Hall–Kier alpha value is -3.39. The number of hydrogen-bond donors (Lipinski definition) is 2. The number of nitrogens with one attached hydrogen (secondary N) is 2. The summed E-state index contributed by atoms with van der Waals surface area (Å²) in [4.78, 5) is 15.6. The van der Waals surface area contributed by atoms with Crippen LogP contribution in [0.2, 0.25) is 0 Å². The molecule has 0 saturated heterocycles. The molecule has 154 valence electrons. The van der Waals surface area contributed by atoms with Gasteiger partial charge in [-0.2, -0.15) is 17.6 Å². The van der Waals surface area contributed by atoms with Gasteiger partial charge in [0.2, 0.25) is 0 Å². The van der Waals surface area contributed by atoms with Crippen molar-refractivity contribution >= 4 is 32.5 Å². The summed E-state index contributed by atoms with van der Waals surface area (Å²) in [5, 5.41) is 7.52. The van der Waals surface area contributed by atoms with Gasteiger partial charge in [-0.1, -0.05) is 26.0 Å². The largest absolute Gasteiger partial charge is 0.361 e. The van der Waals surface area contributed by atoms with Crippen molar-refractivity contribution in [3.05, 3.63) is 78.2 Å². The maximum absolute atomic E-state index is 12.9. The molecule has 1 atom stereocenters. The highest BCUT2D eigenvalue weighted by molar-refractivity contribution is 7.89. The molecule has 0 saturated carbocycles. The summed E-state index contributed by atoms with van der Waals surface area (Å²) in [5.41, 5.74) is 2.69. The molecule has 4 aromatic rings. The van der Waals surface area contributed by atoms with E-state index in [9.17, 15) is 13.2 Å².